The second kappa shape index (κ2) is 16.7. The van der Waals surface area contributed by atoms with Crippen LogP contribution in [0.2, 0.25) is 17.3 Å². The molecule has 3 nitrogen and oxygen atoms in total. The summed E-state index contributed by atoms with van der Waals surface area (Å²) in [5.41, 5.74) is 9.59. The second-order valence-corrected chi connectivity index (χ2v) is 26.6. The van der Waals surface area contributed by atoms with Gasteiger partial charge in [0, 0.05) is 31.7 Å². The van der Waals surface area contributed by atoms with Crippen molar-refractivity contribution in [3.63, 3.8) is 0 Å². The van der Waals surface area contributed by atoms with Crippen molar-refractivity contribution in [2.45, 2.75) is 83.4 Å². The van der Waals surface area contributed by atoms with E-state index in [-0.39, 0.29) is 25.5 Å². The monoisotopic (exact) mass is 941 g/mol. The predicted molar refractivity (Wildman–Crippen MR) is 224 cm³/mol. The fraction of sp³-hybridized carbons (Fsp3) is 0.292. The molecule has 7 aromatic rings. The molecule has 275 valence electrons. The van der Waals surface area contributed by atoms with Crippen LogP contribution in [0.25, 0.3) is 55.6 Å². The Morgan fingerprint density at radius 1 is 0.755 bits per heavy atom. The number of nitrogens with zero attached hydrogens (tertiary/aromatic N) is 2. The molecular weight excluding hydrogens is 885 g/mol. The van der Waals surface area contributed by atoms with Gasteiger partial charge in [0.05, 0.1) is 5.58 Å². The van der Waals surface area contributed by atoms with Crippen LogP contribution < -0.4 is 4.40 Å². The first-order valence-corrected chi connectivity index (χ1v) is 25.8. The first kappa shape index (κ1) is 37.5. The Morgan fingerprint density at radius 2 is 1.47 bits per heavy atom. The second-order valence-electron chi connectivity index (χ2n) is 16.0. The van der Waals surface area contributed by atoms with Gasteiger partial charge in [-0.2, -0.15) is 0 Å². The quantitative estimate of drug-likeness (QED) is 0.113. The van der Waals surface area contributed by atoms with E-state index in [9.17, 15) is 0 Å². The summed E-state index contributed by atoms with van der Waals surface area (Å²) in [5, 5.41) is 2.24. The van der Waals surface area contributed by atoms with Gasteiger partial charge in [0.25, 0.3) is 0 Å². The molecule has 7 rings (SSSR count). The summed E-state index contributed by atoms with van der Waals surface area (Å²) in [4.78, 5) is 9.30. The van der Waals surface area contributed by atoms with Gasteiger partial charge >= 0.3 is 135 Å². The molecule has 0 aliphatic heterocycles. The van der Waals surface area contributed by atoms with Crippen LogP contribution in [0.15, 0.2) is 120 Å². The number of hydrogen-bond donors (Lipinski definition) is 0. The number of pyridine rings is 2. The Balaban J connectivity index is 0.000000217. The summed E-state index contributed by atoms with van der Waals surface area (Å²) in [6.07, 6.45) is 4.63. The van der Waals surface area contributed by atoms with E-state index in [1.807, 2.05) is 81.7 Å². The maximum Gasteiger partial charge on any atom is 0 e. The number of benzene rings is 4. The van der Waals surface area contributed by atoms with Crippen LogP contribution in [0, 0.1) is 17.5 Å². The van der Waals surface area contributed by atoms with E-state index in [0.29, 0.717) is 0 Å². The van der Waals surface area contributed by atoms with Crippen LogP contribution >= 0.6 is 0 Å². The summed E-state index contributed by atoms with van der Waals surface area (Å²) in [7, 11) is 0. The molecule has 3 heterocycles. The smallest absolute Gasteiger partial charge is 0 e. The molecule has 4 aromatic carbocycles. The van der Waals surface area contributed by atoms with Gasteiger partial charge in [-0.1, -0.05) is 74.7 Å². The molecule has 3 aromatic heterocycles. The van der Waals surface area contributed by atoms with Gasteiger partial charge in [0.1, 0.15) is 5.58 Å². The first-order valence-electron chi connectivity index (χ1n) is 19.4. The maximum atomic E-state index is 8.76. The third-order valence-corrected chi connectivity index (χ3v) is 14.2. The van der Waals surface area contributed by atoms with Crippen molar-refractivity contribution in [3.05, 3.63) is 139 Å². The molecule has 53 heavy (non-hydrogen) atoms. The van der Waals surface area contributed by atoms with Gasteiger partial charge in [-0.3, -0.25) is 0 Å². The number of rotatable bonds is 8. The zero-order valence-corrected chi connectivity index (χ0v) is 37.0. The third kappa shape index (κ3) is 9.28. The van der Waals surface area contributed by atoms with Crippen molar-refractivity contribution in [1.82, 2.24) is 9.97 Å². The van der Waals surface area contributed by atoms with Crippen LogP contribution in [0.3, 0.4) is 0 Å². The molecule has 0 fully saturated rings. The summed E-state index contributed by atoms with van der Waals surface area (Å²) < 4.78 is 24.8. The third-order valence-electron chi connectivity index (χ3n) is 10.0. The van der Waals surface area contributed by atoms with Gasteiger partial charge in [-0.25, -0.2) is 0 Å². The van der Waals surface area contributed by atoms with Crippen LogP contribution in [0.4, 0.5) is 0 Å². The molecule has 0 aliphatic carbocycles. The minimum absolute atomic E-state index is 0. The van der Waals surface area contributed by atoms with Crippen LogP contribution in [-0.4, -0.2) is 23.2 Å². The summed E-state index contributed by atoms with van der Waals surface area (Å²) in [6.45, 7) is 12.7. The van der Waals surface area contributed by atoms with Crippen LogP contribution in [-0.2, 0) is 31.9 Å². The summed E-state index contributed by atoms with van der Waals surface area (Å²) in [6, 6.07) is 41.5. The summed E-state index contributed by atoms with van der Waals surface area (Å²) in [5.74, 6) is 6.86. The number of fused-ring (bicyclic) bond motifs is 3. The average Bonchev–Trinajstić information content (AvgIpc) is 3.56. The standard InChI is InChI=1S/C29H26NO.C19H26GeN.Ir/c1-4-29(3,5-2)22-16-17-30-25(19-22)21-14-15-26-24(18-21)28-23(12-9-13-27(28)31-26)20-10-7-6-8-11-20;1-19(2,3)13-16-12-18(15-10-8-7-9-11-15)21-14-17(16)20(4,5)6;/h6-13,15-19H,4-5H2,1-3H3;7-10,12,14H,13H2,1-6H3;/q2*-1;/i;13D2;. The molecular formula is C48H52GeIrN2O-2. The molecule has 1 radical (unpaired) electrons. The Hall–Kier alpha value is -3.83. The fourth-order valence-electron chi connectivity index (χ4n) is 6.65. The Morgan fingerprint density at radius 3 is 2.13 bits per heavy atom. The van der Waals surface area contributed by atoms with E-state index in [1.165, 1.54) is 16.7 Å². The minimum atomic E-state index is -2.24. The number of furan rings is 1. The van der Waals surface area contributed by atoms with E-state index in [0.717, 1.165) is 67.3 Å². The Kier molecular flexibility index (Phi) is 11.8. The molecule has 0 unspecified atom stereocenters. The van der Waals surface area contributed by atoms with Gasteiger partial charge < -0.3 is 9.40 Å². The molecule has 0 saturated carbocycles. The molecule has 0 amide bonds. The Labute approximate surface area is 336 Å². The minimum Gasteiger partial charge on any atom is 0 e. The molecule has 0 N–H and O–H groups in total. The van der Waals surface area contributed by atoms with Crippen molar-refractivity contribution in [2.24, 2.45) is 5.41 Å². The van der Waals surface area contributed by atoms with Crippen molar-refractivity contribution in [2.75, 3.05) is 0 Å². The summed E-state index contributed by atoms with van der Waals surface area (Å²) >= 11 is -2.24. The van der Waals surface area contributed by atoms with E-state index in [4.69, 9.17) is 7.16 Å². The van der Waals surface area contributed by atoms with Gasteiger partial charge in [-0.15, -0.1) is 23.8 Å². The molecule has 0 saturated heterocycles. The van der Waals surface area contributed by atoms with E-state index < -0.39 is 25.1 Å². The molecule has 5 heteroatoms. The van der Waals surface area contributed by atoms with Crippen LogP contribution in [0.5, 0.6) is 0 Å². The molecule has 0 spiro atoms. The largest absolute Gasteiger partial charge is 0 e. The zero-order chi connectivity index (χ0) is 38.9. The van der Waals surface area contributed by atoms with Crippen molar-refractivity contribution < 1.29 is 27.3 Å². The van der Waals surface area contributed by atoms with Crippen LogP contribution in [0.1, 0.15) is 68.3 Å². The average molecular weight is 940 g/mol. The number of aromatic nitrogens is 2. The zero-order valence-electron chi connectivity index (χ0n) is 34.5. The van der Waals surface area contributed by atoms with Crippen molar-refractivity contribution in [1.29, 1.82) is 0 Å². The topological polar surface area (TPSA) is 38.9 Å². The molecule has 0 atom stereocenters. The number of hydrogen-bond acceptors (Lipinski definition) is 3. The molecule has 0 aliphatic rings. The predicted octanol–water partition coefficient (Wildman–Crippen LogP) is 12.9. The SMILES string of the molecule is CCC(C)(CC)c1ccnc(-c2[c-]cc3oc4cccc(-c5ccccc5)c4c3c2)c1.[2H]C([2H])(c1cc(-c2[c-]cccc2)nc[c]1[Ge]([CH3])([CH3])[CH3])C(C)(C)C.[Ir]. The van der Waals surface area contributed by atoms with Gasteiger partial charge in [0.15, 0.2) is 0 Å². The first-order chi connectivity index (χ1) is 25.6. The normalized spacial score (nSPS) is 12.8. The van der Waals surface area contributed by atoms with Crippen molar-refractivity contribution in [3.8, 4) is 33.6 Å². The Bertz CT molecular complexity index is 2370. The van der Waals surface area contributed by atoms with E-state index in [2.05, 4.69) is 115 Å². The van der Waals surface area contributed by atoms with E-state index in [1.54, 1.807) is 0 Å². The van der Waals surface area contributed by atoms with Gasteiger partial charge in [-0.05, 0) is 52.8 Å². The van der Waals surface area contributed by atoms with E-state index >= 15 is 0 Å². The molecule has 0 bridgehead atoms. The fourth-order valence-corrected chi connectivity index (χ4v) is 9.57. The van der Waals surface area contributed by atoms with Gasteiger partial charge in [0.2, 0.25) is 0 Å². The van der Waals surface area contributed by atoms with Crippen molar-refractivity contribution >= 4 is 39.6 Å². The maximum absolute atomic E-state index is 8.76.